The van der Waals surface area contributed by atoms with Crippen LogP contribution in [0.1, 0.15) is 44.5 Å². The van der Waals surface area contributed by atoms with E-state index in [0.29, 0.717) is 6.42 Å². The fourth-order valence-electron chi connectivity index (χ4n) is 2.81. The van der Waals surface area contributed by atoms with Crippen molar-refractivity contribution in [1.29, 1.82) is 0 Å². The van der Waals surface area contributed by atoms with Crippen molar-refractivity contribution in [1.82, 2.24) is 9.88 Å². The van der Waals surface area contributed by atoms with Gasteiger partial charge in [0.05, 0.1) is 24.8 Å². The van der Waals surface area contributed by atoms with Crippen LogP contribution in [-0.2, 0) is 11.2 Å². The number of Topliss-reactive ketones (excluding diaryl/α,β-unsaturated/α-hetero) is 1. The van der Waals surface area contributed by atoms with Crippen LogP contribution in [0.4, 0.5) is 0 Å². The molecule has 0 saturated carbocycles. The van der Waals surface area contributed by atoms with Crippen LogP contribution in [0.3, 0.4) is 0 Å². The summed E-state index contributed by atoms with van der Waals surface area (Å²) in [5.74, 6) is 1.01. The molecule has 1 aromatic heterocycles. The van der Waals surface area contributed by atoms with Crippen molar-refractivity contribution in [2.45, 2.75) is 53.5 Å². The van der Waals surface area contributed by atoms with Crippen molar-refractivity contribution in [3.8, 4) is 5.75 Å². The molecule has 118 valence electrons. The largest absolute Gasteiger partial charge is 0.496 e. The van der Waals surface area contributed by atoms with E-state index in [1.54, 1.807) is 13.3 Å². The van der Waals surface area contributed by atoms with Crippen LogP contribution in [0.5, 0.6) is 5.75 Å². The number of ketones is 1. The lowest BCUT2D eigenvalue weighted by Crippen LogP contribution is -2.50. The van der Waals surface area contributed by atoms with Crippen molar-refractivity contribution in [2.75, 3.05) is 20.2 Å². The number of carbonyl (C=O) groups excluding carboxylic acids is 1. The van der Waals surface area contributed by atoms with E-state index in [4.69, 9.17) is 4.74 Å². The minimum Gasteiger partial charge on any atom is -0.496 e. The Kier molecular flexibility index (Phi) is 5.90. The van der Waals surface area contributed by atoms with Gasteiger partial charge in [0.2, 0.25) is 0 Å². The van der Waals surface area contributed by atoms with Gasteiger partial charge >= 0.3 is 0 Å². The molecule has 0 radical (unpaired) electrons. The molecule has 4 heteroatoms. The normalized spacial score (nSPS) is 11.8. The molecule has 0 atom stereocenters. The molecule has 0 aromatic carbocycles. The van der Waals surface area contributed by atoms with E-state index in [0.717, 1.165) is 35.7 Å². The van der Waals surface area contributed by atoms with Gasteiger partial charge in [-0.1, -0.05) is 13.8 Å². The summed E-state index contributed by atoms with van der Waals surface area (Å²) in [7, 11) is 1.65. The predicted octanol–water partition coefficient (Wildman–Crippen LogP) is 2.94. The van der Waals surface area contributed by atoms with Crippen LogP contribution < -0.4 is 4.74 Å². The summed E-state index contributed by atoms with van der Waals surface area (Å²) in [6, 6.07) is 0. The second-order valence-electron chi connectivity index (χ2n) is 5.88. The van der Waals surface area contributed by atoms with Crippen LogP contribution in [0.25, 0.3) is 0 Å². The second-order valence-corrected chi connectivity index (χ2v) is 5.88. The van der Waals surface area contributed by atoms with Gasteiger partial charge in [-0.15, -0.1) is 0 Å². The van der Waals surface area contributed by atoms with Crippen molar-refractivity contribution < 1.29 is 9.53 Å². The van der Waals surface area contributed by atoms with Gasteiger partial charge in [-0.25, -0.2) is 0 Å². The summed E-state index contributed by atoms with van der Waals surface area (Å²) in [5, 5.41) is 0. The first kappa shape index (κ1) is 17.6. The first-order valence-corrected chi connectivity index (χ1v) is 7.56. The molecule has 0 spiro atoms. The monoisotopic (exact) mass is 292 g/mol. The van der Waals surface area contributed by atoms with E-state index < -0.39 is 5.54 Å². The molecule has 21 heavy (non-hydrogen) atoms. The fourth-order valence-corrected chi connectivity index (χ4v) is 2.81. The Balaban J connectivity index is 3.04. The summed E-state index contributed by atoms with van der Waals surface area (Å²) < 4.78 is 5.41. The highest BCUT2D eigenvalue weighted by molar-refractivity contribution is 5.89. The minimum atomic E-state index is -0.476. The molecule has 0 amide bonds. The molecule has 4 nitrogen and oxygen atoms in total. The standard InChI is InChI=1S/C17H28N2O2/c1-8-19(9-2)17(5,6)15(20)10-14-13(4)16(21-7)12(3)11-18-14/h11H,8-10H2,1-7H3. The number of hydrogen-bond donors (Lipinski definition) is 0. The maximum Gasteiger partial charge on any atom is 0.158 e. The molecule has 0 bridgehead atoms. The van der Waals surface area contributed by atoms with E-state index in [9.17, 15) is 4.79 Å². The van der Waals surface area contributed by atoms with E-state index >= 15 is 0 Å². The number of aromatic nitrogens is 1. The number of aryl methyl sites for hydroxylation is 1. The van der Waals surface area contributed by atoms with Gasteiger partial charge in [0.1, 0.15) is 5.75 Å². The average Bonchev–Trinajstić information content (AvgIpc) is 2.43. The summed E-state index contributed by atoms with van der Waals surface area (Å²) >= 11 is 0. The molecule has 0 unspecified atom stereocenters. The van der Waals surface area contributed by atoms with Crippen molar-refractivity contribution in [3.63, 3.8) is 0 Å². The van der Waals surface area contributed by atoms with Gasteiger partial charge in [0.25, 0.3) is 0 Å². The lowest BCUT2D eigenvalue weighted by Gasteiger charge is -2.35. The smallest absolute Gasteiger partial charge is 0.158 e. The number of nitrogens with zero attached hydrogens (tertiary/aromatic N) is 2. The molecule has 0 aliphatic rings. The van der Waals surface area contributed by atoms with Gasteiger partial charge in [-0.3, -0.25) is 14.7 Å². The van der Waals surface area contributed by atoms with Crippen LogP contribution >= 0.6 is 0 Å². The average molecular weight is 292 g/mol. The molecule has 0 aliphatic carbocycles. The Morgan fingerprint density at radius 1 is 1.29 bits per heavy atom. The zero-order valence-electron chi connectivity index (χ0n) is 14.4. The second kappa shape index (κ2) is 7.03. The third-order valence-corrected chi connectivity index (χ3v) is 4.31. The highest BCUT2D eigenvalue weighted by atomic mass is 16.5. The fraction of sp³-hybridized carbons (Fsp3) is 0.647. The van der Waals surface area contributed by atoms with Crippen molar-refractivity contribution in [2.24, 2.45) is 0 Å². The third-order valence-electron chi connectivity index (χ3n) is 4.31. The predicted molar refractivity (Wildman–Crippen MR) is 86.0 cm³/mol. The van der Waals surface area contributed by atoms with Crippen molar-refractivity contribution >= 4 is 5.78 Å². The number of hydrogen-bond acceptors (Lipinski definition) is 4. The van der Waals surface area contributed by atoms with Crippen LogP contribution in [0.2, 0.25) is 0 Å². The number of methoxy groups -OCH3 is 1. The highest BCUT2D eigenvalue weighted by Crippen LogP contribution is 2.26. The topological polar surface area (TPSA) is 42.4 Å². The number of rotatable bonds is 7. The number of pyridine rings is 1. The lowest BCUT2D eigenvalue weighted by atomic mass is 9.92. The summed E-state index contributed by atoms with van der Waals surface area (Å²) in [6.45, 7) is 13.8. The minimum absolute atomic E-state index is 0.188. The molecule has 0 N–H and O–H groups in total. The summed E-state index contributed by atoms with van der Waals surface area (Å²) in [4.78, 5) is 19.3. The molecule has 1 heterocycles. The number of likely N-dealkylation sites (N-methyl/N-ethyl adjacent to an activating group) is 1. The van der Waals surface area contributed by atoms with E-state index in [-0.39, 0.29) is 5.78 Å². The lowest BCUT2D eigenvalue weighted by molar-refractivity contribution is -0.128. The Morgan fingerprint density at radius 3 is 2.33 bits per heavy atom. The molecular weight excluding hydrogens is 264 g/mol. The molecule has 0 aliphatic heterocycles. The van der Waals surface area contributed by atoms with Gasteiger partial charge in [0.15, 0.2) is 5.78 Å². The Bertz CT molecular complexity index is 506. The maximum atomic E-state index is 12.7. The Labute approximate surface area is 128 Å². The Morgan fingerprint density at radius 2 is 1.86 bits per heavy atom. The summed E-state index contributed by atoms with van der Waals surface area (Å²) in [5.41, 5.74) is 2.29. The molecule has 0 fully saturated rings. The molecule has 0 saturated heterocycles. The first-order valence-electron chi connectivity index (χ1n) is 7.56. The van der Waals surface area contributed by atoms with Gasteiger partial charge in [-0.2, -0.15) is 0 Å². The zero-order valence-corrected chi connectivity index (χ0v) is 14.4. The van der Waals surface area contributed by atoms with Gasteiger partial charge in [-0.05, 0) is 40.8 Å². The van der Waals surface area contributed by atoms with E-state index in [1.807, 2.05) is 27.7 Å². The maximum absolute atomic E-state index is 12.7. The van der Waals surface area contributed by atoms with Gasteiger partial charge < -0.3 is 4.74 Å². The van der Waals surface area contributed by atoms with Crippen LogP contribution in [0.15, 0.2) is 6.20 Å². The molecular formula is C17H28N2O2. The quantitative estimate of drug-likeness (QED) is 0.775. The molecule has 1 rings (SSSR count). The third kappa shape index (κ3) is 3.62. The van der Waals surface area contributed by atoms with E-state index in [1.165, 1.54) is 0 Å². The first-order chi connectivity index (χ1) is 9.79. The van der Waals surface area contributed by atoms with Crippen LogP contribution in [-0.4, -0.2) is 41.4 Å². The van der Waals surface area contributed by atoms with Gasteiger partial charge in [0, 0.05) is 17.3 Å². The molecule has 1 aromatic rings. The number of ether oxygens (including phenoxy) is 1. The summed E-state index contributed by atoms with van der Waals surface area (Å²) in [6.07, 6.45) is 2.12. The zero-order chi connectivity index (χ0) is 16.2. The van der Waals surface area contributed by atoms with E-state index in [2.05, 4.69) is 23.7 Å². The van der Waals surface area contributed by atoms with Crippen LogP contribution in [0, 0.1) is 13.8 Å². The highest BCUT2D eigenvalue weighted by Gasteiger charge is 2.33. The SMILES string of the molecule is CCN(CC)C(C)(C)C(=O)Cc1ncc(C)c(OC)c1C. The van der Waals surface area contributed by atoms with Crippen molar-refractivity contribution in [3.05, 3.63) is 23.0 Å². The number of carbonyl (C=O) groups is 1. The Hall–Kier alpha value is -1.42.